The molecule has 0 bridgehead atoms. The molecule has 0 aliphatic heterocycles. The Kier molecular flexibility index (Phi) is 5.27. The van der Waals surface area contributed by atoms with E-state index in [2.05, 4.69) is 15.5 Å². The number of fused-ring (bicyclic) bond motifs is 1. The minimum Gasteiger partial charge on any atom is -0.497 e. The number of rotatable bonds is 6. The monoisotopic (exact) mass is 387 g/mol. The molecule has 4 aromatic rings. The zero-order valence-electron chi connectivity index (χ0n) is 15.9. The van der Waals surface area contributed by atoms with Crippen LogP contribution < -0.4 is 10.1 Å². The maximum Gasteiger partial charge on any atom is 0.272 e. The first kappa shape index (κ1) is 18.7. The van der Waals surface area contributed by atoms with Gasteiger partial charge in [-0.2, -0.15) is 5.10 Å². The Morgan fingerprint density at radius 2 is 1.79 bits per heavy atom. The normalized spacial score (nSPS) is 11.9. The van der Waals surface area contributed by atoms with E-state index in [1.54, 1.807) is 7.11 Å². The van der Waals surface area contributed by atoms with Crippen molar-refractivity contribution in [3.8, 4) is 16.9 Å². The number of benzene rings is 3. The molecule has 0 aliphatic rings. The van der Waals surface area contributed by atoms with Crippen LogP contribution in [-0.2, 0) is 0 Å². The Morgan fingerprint density at radius 3 is 2.48 bits per heavy atom. The molecule has 0 fully saturated rings. The predicted octanol–water partition coefficient (Wildman–Crippen LogP) is 3.70. The van der Waals surface area contributed by atoms with E-state index in [1.165, 1.54) is 0 Å². The summed E-state index contributed by atoms with van der Waals surface area (Å²) in [5, 5.41) is 20.4. The van der Waals surface area contributed by atoms with Crippen molar-refractivity contribution in [1.29, 1.82) is 0 Å². The number of aliphatic hydroxyl groups excluding tert-OH is 1. The first-order valence-corrected chi connectivity index (χ1v) is 9.29. The number of carbonyl (C=O) groups excluding carboxylic acids is 1. The lowest BCUT2D eigenvalue weighted by Gasteiger charge is -2.16. The van der Waals surface area contributed by atoms with Gasteiger partial charge in [0.25, 0.3) is 5.91 Å². The molecule has 0 saturated carbocycles. The average molecular weight is 387 g/mol. The molecule has 0 aliphatic carbocycles. The topological polar surface area (TPSA) is 87.2 Å². The molecular weight excluding hydrogens is 366 g/mol. The van der Waals surface area contributed by atoms with Crippen molar-refractivity contribution in [2.45, 2.75) is 6.04 Å². The maximum absolute atomic E-state index is 12.9. The lowest BCUT2D eigenvalue weighted by molar-refractivity contribution is 0.0912. The number of hydrogen-bond acceptors (Lipinski definition) is 4. The summed E-state index contributed by atoms with van der Waals surface area (Å²) in [7, 11) is 1.63. The fraction of sp³-hybridized carbons (Fsp3) is 0.130. The SMILES string of the molecule is COc1ccc(-c2ccc3[nH]nc(C(=O)N[C@H](CO)c4ccccc4)c3c2)cc1. The van der Waals surface area contributed by atoms with Crippen LogP contribution in [0.25, 0.3) is 22.0 Å². The molecule has 6 nitrogen and oxygen atoms in total. The molecule has 29 heavy (non-hydrogen) atoms. The quantitative estimate of drug-likeness (QED) is 0.471. The van der Waals surface area contributed by atoms with Gasteiger partial charge in [-0.15, -0.1) is 0 Å². The highest BCUT2D eigenvalue weighted by molar-refractivity contribution is 6.05. The average Bonchev–Trinajstić information content (AvgIpc) is 3.21. The summed E-state index contributed by atoms with van der Waals surface area (Å²) in [5.74, 6) is 0.445. The van der Waals surface area contributed by atoms with Gasteiger partial charge in [0.05, 0.1) is 25.3 Å². The Morgan fingerprint density at radius 1 is 1.07 bits per heavy atom. The van der Waals surface area contributed by atoms with Gasteiger partial charge in [0, 0.05) is 5.39 Å². The van der Waals surface area contributed by atoms with E-state index in [4.69, 9.17) is 4.74 Å². The van der Waals surface area contributed by atoms with Crippen LogP contribution in [-0.4, -0.2) is 34.9 Å². The van der Waals surface area contributed by atoms with Gasteiger partial charge in [0.15, 0.2) is 5.69 Å². The van der Waals surface area contributed by atoms with Gasteiger partial charge >= 0.3 is 0 Å². The van der Waals surface area contributed by atoms with Gasteiger partial charge in [0.2, 0.25) is 0 Å². The van der Waals surface area contributed by atoms with E-state index in [0.29, 0.717) is 5.69 Å². The van der Waals surface area contributed by atoms with Crippen molar-refractivity contribution >= 4 is 16.8 Å². The van der Waals surface area contributed by atoms with Gasteiger partial charge in [-0.25, -0.2) is 0 Å². The molecular formula is C23H21N3O3. The van der Waals surface area contributed by atoms with Crippen LogP contribution in [0, 0.1) is 0 Å². The van der Waals surface area contributed by atoms with E-state index in [1.807, 2.05) is 72.8 Å². The zero-order valence-corrected chi connectivity index (χ0v) is 15.9. The van der Waals surface area contributed by atoms with Crippen LogP contribution in [0.5, 0.6) is 5.75 Å². The van der Waals surface area contributed by atoms with Crippen molar-refractivity contribution in [3.05, 3.63) is 84.1 Å². The molecule has 1 aromatic heterocycles. The number of aliphatic hydroxyl groups is 1. The van der Waals surface area contributed by atoms with Crippen molar-refractivity contribution < 1.29 is 14.6 Å². The summed E-state index contributed by atoms with van der Waals surface area (Å²) < 4.78 is 5.21. The Labute approximate surface area is 168 Å². The Bertz CT molecular complexity index is 1120. The number of nitrogens with zero attached hydrogens (tertiary/aromatic N) is 1. The third kappa shape index (κ3) is 3.83. The van der Waals surface area contributed by atoms with E-state index in [9.17, 15) is 9.90 Å². The minimum absolute atomic E-state index is 0.199. The number of ether oxygens (including phenoxy) is 1. The second-order valence-corrected chi connectivity index (χ2v) is 6.68. The maximum atomic E-state index is 12.9. The molecule has 0 saturated heterocycles. The second kappa shape index (κ2) is 8.16. The summed E-state index contributed by atoms with van der Waals surface area (Å²) in [6, 6.07) is 22.4. The third-order valence-corrected chi connectivity index (χ3v) is 4.89. The smallest absolute Gasteiger partial charge is 0.272 e. The van der Waals surface area contributed by atoms with Crippen molar-refractivity contribution in [2.24, 2.45) is 0 Å². The number of H-pyrrole nitrogens is 1. The number of aromatic nitrogens is 2. The van der Waals surface area contributed by atoms with E-state index in [0.717, 1.165) is 33.3 Å². The lowest BCUT2D eigenvalue weighted by atomic mass is 10.0. The number of amides is 1. The van der Waals surface area contributed by atoms with Crippen LogP contribution in [0.4, 0.5) is 0 Å². The van der Waals surface area contributed by atoms with E-state index in [-0.39, 0.29) is 12.5 Å². The van der Waals surface area contributed by atoms with Gasteiger partial charge in [-0.3, -0.25) is 9.89 Å². The zero-order chi connectivity index (χ0) is 20.2. The molecule has 4 rings (SSSR count). The van der Waals surface area contributed by atoms with E-state index < -0.39 is 6.04 Å². The predicted molar refractivity (Wildman–Crippen MR) is 112 cm³/mol. The van der Waals surface area contributed by atoms with Crippen molar-refractivity contribution in [2.75, 3.05) is 13.7 Å². The number of hydrogen-bond donors (Lipinski definition) is 3. The second-order valence-electron chi connectivity index (χ2n) is 6.68. The molecule has 0 radical (unpaired) electrons. The van der Waals surface area contributed by atoms with Gasteiger partial charge < -0.3 is 15.2 Å². The molecule has 1 atom stereocenters. The third-order valence-electron chi connectivity index (χ3n) is 4.89. The Balaban J connectivity index is 1.64. The summed E-state index contributed by atoms with van der Waals surface area (Å²) in [5.41, 5.74) is 3.88. The number of carbonyl (C=O) groups is 1. The summed E-state index contributed by atoms with van der Waals surface area (Å²) in [6.45, 7) is -0.199. The minimum atomic E-state index is -0.500. The molecule has 6 heteroatoms. The van der Waals surface area contributed by atoms with Crippen molar-refractivity contribution in [1.82, 2.24) is 15.5 Å². The molecule has 1 heterocycles. The van der Waals surface area contributed by atoms with Crippen LogP contribution in [0.3, 0.4) is 0 Å². The fourth-order valence-electron chi connectivity index (χ4n) is 3.30. The largest absolute Gasteiger partial charge is 0.497 e. The van der Waals surface area contributed by atoms with Gasteiger partial charge in [-0.1, -0.05) is 48.5 Å². The standard InChI is InChI=1S/C23H21N3O3/c1-29-18-10-7-15(8-11-18)17-9-12-20-19(13-17)22(26-25-20)23(28)24-21(14-27)16-5-3-2-4-6-16/h2-13,21,27H,14H2,1H3,(H,24,28)(H,25,26)/t21-/m1/s1. The highest BCUT2D eigenvalue weighted by Gasteiger charge is 2.19. The Hall–Kier alpha value is -3.64. The first-order chi connectivity index (χ1) is 14.2. The number of methoxy groups -OCH3 is 1. The van der Waals surface area contributed by atoms with Crippen LogP contribution in [0.2, 0.25) is 0 Å². The summed E-state index contributed by atoms with van der Waals surface area (Å²) >= 11 is 0. The molecule has 146 valence electrons. The number of aromatic amines is 1. The van der Waals surface area contributed by atoms with Gasteiger partial charge in [-0.05, 0) is 41.0 Å². The van der Waals surface area contributed by atoms with Crippen LogP contribution >= 0.6 is 0 Å². The molecule has 0 unspecified atom stereocenters. The summed E-state index contributed by atoms with van der Waals surface area (Å²) in [6.07, 6.45) is 0. The molecule has 3 N–H and O–H groups in total. The highest BCUT2D eigenvalue weighted by atomic mass is 16.5. The van der Waals surface area contributed by atoms with E-state index >= 15 is 0 Å². The van der Waals surface area contributed by atoms with Gasteiger partial charge in [0.1, 0.15) is 5.75 Å². The molecule has 0 spiro atoms. The highest BCUT2D eigenvalue weighted by Crippen LogP contribution is 2.27. The van der Waals surface area contributed by atoms with Crippen LogP contribution in [0.15, 0.2) is 72.8 Å². The van der Waals surface area contributed by atoms with Crippen molar-refractivity contribution in [3.63, 3.8) is 0 Å². The fourth-order valence-corrected chi connectivity index (χ4v) is 3.30. The molecule has 1 amide bonds. The summed E-state index contributed by atoms with van der Waals surface area (Å²) in [4.78, 5) is 12.9. The van der Waals surface area contributed by atoms with Crippen LogP contribution in [0.1, 0.15) is 22.1 Å². The number of nitrogens with one attached hydrogen (secondary N) is 2. The molecule has 3 aromatic carbocycles. The lowest BCUT2D eigenvalue weighted by Crippen LogP contribution is -2.31. The first-order valence-electron chi connectivity index (χ1n) is 9.29.